The first-order chi connectivity index (χ1) is 15.1. The molecule has 0 fully saturated rings. The van der Waals surface area contributed by atoms with Crippen molar-refractivity contribution in [3.05, 3.63) is 67.2 Å². The molecule has 2 aromatic heterocycles. The van der Waals surface area contributed by atoms with E-state index >= 15 is 0 Å². The zero-order valence-corrected chi connectivity index (χ0v) is 18.9. The number of nitrogens with one attached hydrogen (secondary N) is 1. The van der Waals surface area contributed by atoms with E-state index < -0.39 is 0 Å². The van der Waals surface area contributed by atoms with E-state index in [4.69, 9.17) is 9.47 Å². The Kier molecular flexibility index (Phi) is 5.54. The fourth-order valence-electron chi connectivity index (χ4n) is 4.35. The van der Waals surface area contributed by atoms with Crippen molar-refractivity contribution in [3.8, 4) is 5.75 Å². The Hall–Kier alpha value is -2.64. The zero-order chi connectivity index (χ0) is 21.4. The molecule has 1 N–H and O–H groups in total. The smallest absolute Gasteiger partial charge is 0.341 e. The molecule has 3 aromatic rings. The Bertz CT molecular complexity index is 1160. The number of amides is 1. The van der Waals surface area contributed by atoms with Gasteiger partial charge in [-0.25, -0.2) is 4.79 Å². The molecule has 0 bridgehead atoms. The second kappa shape index (κ2) is 8.48. The van der Waals surface area contributed by atoms with E-state index in [-0.39, 0.29) is 11.9 Å². The van der Waals surface area contributed by atoms with E-state index in [1.807, 2.05) is 17.5 Å². The van der Waals surface area contributed by atoms with Crippen LogP contribution in [0.15, 0.2) is 29.6 Å². The van der Waals surface area contributed by atoms with Crippen LogP contribution in [0.1, 0.15) is 60.0 Å². The summed E-state index contributed by atoms with van der Waals surface area (Å²) in [5.74, 6) is 0.275. The third-order valence-electron chi connectivity index (χ3n) is 5.89. The van der Waals surface area contributed by atoms with Crippen molar-refractivity contribution >= 4 is 39.6 Å². The highest BCUT2D eigenvalue weighted by molar-refractivity contribution is 7.17. The van der Waals surface area contributed by atoms with Gasteiger partial charge in [0.25, 0.3) is 5.91 Å². The number of anilines is 1. The van der Waals surface area contributed by atoms with Gasteiger partial charge in [0, 0.05) is 10.4 Å². The second-order valence-corrected chi connectivity index (χ2v) is 9.92. The second-order valence-electron chi connectivity index (χ2n) is 7.90. The summed E-state index contributed by atoms with van der Waals surface area (Å²) in [6.07, 6.45) is 6.33. The average molecular weight is 454 g/mol. The lowest BCUT2D eigenvalue weighted by Crippen LogP contribution is -2.13. The van der Waals surface area contributed by atoms with Crippen molar-refractivity contribution in [2.75, 3.05) is 12.4 Å². The maximum atomic E-state index is 12.8. The number of methoxy groups -OCH3 is 1. The number of benzene rings is 1. The summed E-state index contributed by atoms with van der Waals surface area (Å²) in [6, 6.07) is 8.16. The first-order valence-corrected chi connectivity index (χ1v) is 12.2. The standard InChI is InChI=1S/C24H23NO4S2/c1-28-24(27)21-18-6-3-7-19(18)31-23(21)25-22(26)20-10-14(13-30-20)12-29-17-9-8-15-4-2-5-16(15)11-17/h8-11,13H,2-7,12H2,1H3,(H,25,26). The highest BCUT2D eigenvalue weighted by Crippen LogP contribution is 2.39. The molecule has 2 aliphatic carbocycles. The fourth-order valence-corrected chi connectivity index (χ4v) is 6.41. The summed E-state index contributed by atoms with van der Waals surface area (Å²) in [4.78, 5) is 26.9. The molecule has 2 aliphatic rings. The molecule has 2 heterocycles. The predicted octanol–water partition coefficient (Wildman–Crippen LogP) is 5.40. The summed E-state index contributed by atoms with van der Waals surface area (Å²) in [5.41, 5.74) is 5.31. The number of thiophene rings is 2. The fraction of sp³-hybridized carbons (Fsp3) is 0.333. The molecule has 0 unspecified atom stereocenters. The molecule has 0 aliphatic heterocycles. The lowest BCUT2D eigenvalue weighted by atomic mass is 10.1. The minimum atomic E-state index is -0.385. The number of aryl methyl sites for hydroxylation is 3. The van der Waals surface area contributed by atoms with Gasteiger partial charge >= 0.3 is 5.97 Å². The largest absolute Gasteiger partial charge is 0.489 e. The Morgan fingerprint density at radius 3 is 2.77 bits per heavy atom. The number of hydrogen-bond donors (Lipinski definition) is 1. The predicted molar refractivity (Wildman–Crippen MR) is 123 cm³/mol. The van der Waals surface area contributed by atoms with E-state index in [1.54, 1.807) is 0 Å². The molecule has 0 atom stereocenters. The minimum Gasteiger partial charge on any atom is -0.489 e. The van der Waals surface area contributed by atoms with Gasteiger partial charge in [-0.1, -0.05) is 6.07 Å². The van der Waals surface area contributed by atoms with Crippen molar-refractivity contribution in [1.82, 2.24) is 0 Å². The molecule has 1 aromatic carbocycles. The molecule has 160 valence electrons. The summed E-state index contributed by atoms with van der Waals surface area (Å²) in [7, 11) is 1.37. The van der Waals surface area contributed by atoms with Crippen LogP contribution in [-0.4, -0.2) is 19.0 Å². The monoisotopic (exact) mass is 453 g/mol. The molecular formula is C24H23NO4S2. The van der Waals surface area contributed by atoms with E-state index in [0.717, 1.165) is 49.0 Å². The van der Waals surface area contributed by atoms with Gasteiger partial charge in [0.15, 0.2) is 0 Å². The van der Waals surface area contributed by atoms with Crippen LogP contribution in [0, 0.1) is 0 Å². The third kappa shape index (κ3) is 4.00. The summed E-state index contributed by atoms with van der Waals surface area (Å²) >= 11 is 2.87. The lowest BCUT2D eigenvalue weighted by Gasteiger charge is -2.07. The first kappa shape index (κ1) is 20.3. The van der Waals surface area contributed by atoms with Crippen molar-refractivity contribution in [2.45, 2.75) is 45.1 Å². The number of esters is 1. The third-order valence-corrected chi connectivity index (χ3v) is 8.08. The molecule has 1 amide bonds. The number of ether oxygens (including phenoxy) is 2. The van der Waals surface area contributed by atoms with E-state index in [0.29, 0.717) is 22.0 Å². The first-order valence-electron chi connectivity index (χ1n) is 10.5. The topological polar surface area (TPSA) is 64.6 Å². The Morgan fingerprint density at radius 2 is 1.90 bits per heavy atom. The quantitative estimate of drug-likeness (QED) is 0.507. The molecular weight excluding hydrogens is 430 g/mol. The minimum absolute atomic E-state index is 0.209. The molecule has 7 heteroatoms. The van der Waals surface area contributed by atoms with Crippen LogP contribution in [0.5, 0.6) is 5.75 Å². The molecule has 0 saturated carbocycles. The van der Waals surface area contributed by atoms with Gasteiger partial charge in [0.1, 0.15) is 17.4 Å². The van der Waals surface area contributed by atoms with Crippen LogP contribution < -0.4 is 10.1 Å². The van der Waals surface area contributed by atoms with Gasteiger partial charge in [-0.05, 0) is 78.8 Å². The lowest BCUT2D eigenvalue weighted by molar-refractivity contribution is 0.0601. The van der Waals surface area contributed by atoms with Crippen LogP contribution >= 0.6 is 22.7 Å². The van der Waals surface area contributed by atoms with Gasteiger partial charge in [-0.15, -0.1) is 22.7 Å². The highest BCUT2D eigenvalue weighted by atomic mass is 32.1. The molecule has 0 spiro atoms. The maximum Gasteiger partial charge on any atom is 0.341 e. The van der Waals surface area contributed by atoms with Gasteiger partial charge < -0.3 is 14.8 Å². The molecule has 5 rings (SSSR count). The highest BCUT2D eigenvalue weighted by Gasteiger charge is 2.28. The maximum absolute atomic E-state index is 12.8. The molecule has 0 saturated heterocycles. The van der Waals surface area contributed by atoms with E-state index in [1.165, 1.54) is 52.2 Å². The Labute approximate surface area is 189 Å². The van der Waals surface area contributed by atoms with E-state index in [2.05, 4.69) is 17.4 Å². The van der Waals surface area contributed by atoms with Crippen molar-refractivity contribution in [2.24, 2.45) is 0 Å². The summed E-state index contributed by atoms with van der Waals surface area (Å²) in [5, 5.41) is 5.47. The van der Waals surface area contributed by atoms with Gasteiger partial charge in [0.2, 0.25) is 0 Å². The van der Waals surface area contributed by atoms with Gasteiger partial charge in [-0.3, -0.25) is 4.79 Å². The number of rotatable bonds is 6. The zero-order valence-electron chi connectivity index (χ0n) is 17.3. The van der Waals surface area contributed by atoms with Crippen molar-refractivity contribution < 1.29 is 19.1 Å². The van der Waals surface area contributed by atoms with Gasteiger partial charge in [0.05, 0.1) is 17.6 Å². The number of carbonyl (C=O) groups is 2. The molecule has 31 heavy (non-hydrogen) atoms. The number of hydrogen-bond acceptors (Lipinski definition) is 6. The van der Waals surface area contributed by atoms with Crippen LogP contribution in [0.4, 0.5) is 5.00 Å². The summed E-state index contributed by atoms with van der Waals surface area (Å²) < 4.78 is 10.9. The Morgan fingerprint density at radius 1 is 1.06 bits per heavy atom. The van der Waals surface area contributed by atoms with Crippen molar-refractivity contribution in [1.29, 1.82) is 0 Å². The van der Waals surface area contributed by atoms with Crippen molar-refractivity contribution in [3.63, 3.8) is 0 Å². The van der Waals surface area contributed by atoms with Crippen LogP contribution in [0.2, 0.25) is 0 Å². The Balaban J connectivity index is 1.26. The average Bonchev–Trinajstić information content (AvgIpc) is 3.55. The SMILES string of the molecule is COC(=O)c1c(NC(=O)c2cc(COc3ccc4c(c3)CCC4)cs2)sc2c1CCC2. The van der Waals surface area contributed by atoms with Crippen LogP contribution in [-0.2, 0) is 37.0 Å². The number of carbonyl (C=O) groups excluding carboxylic acids is 2. The van der Waals surface area contributed by atoms with Gasteiger partial charge in [-0.2, -0.15) is 0 Å². The molecule has 5 nitrogen and oxygen atoms in total. The normalized spacial score (nSPS) is 14.2. The van der Waals surface area contributed by atoms with Crippen LogP contribution in [0.25, 0.3) is 0 Å². The molecule has 0 radical (unpaired) electrons. The van der Waals surface area contributed by atoms with Crippen LogP contribution in [0.3, 0.4) is 0 Å². The summed E-state index contributed by atoms with van der Waals surface area (Å²) in [6.45, 7) is 0.420. The number of fused-ring (bicyclic) bond motifs is 2. The van der Waals surface area contributed by atoms with E-state index in [9.17, 15) is 9.59 Å².